The van der Waals surface area contributed by atoms with Gasteiger partial charge in [-0.15, -0.1) is 23.7 Å². The van der Waals surface area contributed by atoms with E-state index in [-0.39, 0.29) is 18.4 Å². The number of hydrogen-bond acceptors (Lipinski definition) is 5. The summed E-state index contributed by atoms with van der Waals surface area (Å²) < 4.78 is 0. The van der Waals surface area contributed by atoms with E-state index in [1.54, 1.807) is 11.3 Å². The highest BCUT2D eigenvalue weighted by Gasteiger charge is 2.17. The van der Waals surface area contributed by atoms with Crippen molar-refractivity contribution in [3.05, 3.63) is 11.1 Å². The number of hydrogen-bond donors (Lipinski definition) is 1. The number of anilines is 1. The van der Waals surface area contributed by atoms with Crippen LogP contribution in [0.15, 0.2) is 6.20 Å². The quantitative estimate of drug-likeness (QED) is 0.915. The Morgan fingerprint density at radius 3 is 2.67 bits per heavy atom. The summed E-state index contributed by atoms with van der Waals surface area (Å²) in [5.41, 5.74) is 5.97. The van der Waals surface area contributed by atoms with E-state index < -0.39 is 0 Å². The minimum atomic E-state index is 0. The van der Waals surface area contributed by atoms with Gasteiger partial charge < -0.3 is 15.5 Å². The molecule has 0 amide bonds. The SMILES string of the molecule is CCC(N)Cc1cnc(N2CCN(C)CC2)s1.Cl. The van der Waals surface area contributed by atoms with Gasteiger partial charge in [0.05, 0.1) is 0 Å². The molecule has 1 fully saturated rings. The maximum atomic E-state index is 5.97. The van der Waals surface area contributed by atoms with Gasteiger partial charge in [0.15, 0.2) is 5.13 Å². The molecule has 4 nitrogen and oxygen atoms in total. The van der Waals surface area contributed by atoms with Gasteiger partial charge in [-0.1, -0.05) is 6.92 Å². The maximum absolute atomic E-state index is 5.97. The lowest BCUT2D eigenvalue weighted by atomic mass is 10.1. The van der Waals surface area contributed by atoms with Crippen LogP contribution in [0.3, 0.4) is 0 Å². The number of halogens is 1. The zero-order valence-corrected chi connectivity index (χ0v) is 12.8. The fraction of sp³-hybridized carbons (Fsp3) is 0.750. The summed E-state index contributed by atoms with van der Waals surface area (Å²) in [7, 11) is 2.17. The summed E-state index contributed by atoms with van der Waals surface area (Å²) >= 11 is 1.80. The molecule has 6 heteroatoms. The Labute approximate surface area is 120 Å². The van der Waals surface area contributed by atoms with Crippen LogP contribution in [-0.4, -0.2) is 49.2 Å². The van der Waals surface area contributed by atoms with Gasteiger partial charge in [-0.05, 0) is 19.9 Å². The first-order valence-corrected chi connectivity index (χ1v) is 7.14. The van der Waals surface area contributed by atoms with Crippen LogP contribution in [0.25, 0.3) is 0 Å². The van der Waals surface area contributed by atoms with Crippen LogP contribution in [0.4, 0.5) is 5.13 Å². The summed E-state index contributed by atoms with van der Waals surface area (Å²) in [6.07, 6.45) is 3.98. The van der Waals surface area contributed by atoms with Gasteiger partial charge in [0, 0.05) is 43.3 Å². The molecule has 104 valence electrons. The Morgan fingerprint density at radius 1 is 1.39 bits per heavy atom. The van der Waals surface area contributed by atoms with Crippen LogP contribution >= 0.6 is 23.7 Å². The molecule has 2 heterocycles. The van der Waals surface area contributed by atoms with Crippen molar-refractivity contribution in [1.29, 1.82) is 0 Å². The molecule has 0 aromatic carbocycles. The number of nitrogens with two attached hydrogens (primary N) is 1. The van der Waals surface area contributed by atoms with Crippen molar-refractivity contribution in [3.63, 3.8) is 0 Å². The highest BCUT2D eigenvalue weighted by atomic mass is 35.5. The molecule has 18 heavy (non-hydrogen) atoms. The Bertz CT molecular complexity index is 350. The summed E-state index contributed by atoms with van der Waals surface area (Å²) in [5, 5.41) is 1.16. The smallest absolute Gasteiger partial charge is 0.185 e. The second-order valence-corrected chi connectivity index (χ2v) is 5.87. The molecule has 1 unspecified atom stereocenters. The van der Waals surface area contributed by atoms with Crippen molar-refractivity contribution in [2.24, 2.45) is 5.73 Å². The Kier molecular flexibility index (Phi) is 6.35. The third kappa shape index (κ3) is 4.09. The molecule has 1 aromatic rings. The van der Waals surface area contributed by atoms with Gasteiger partial charge in [0.25, 0.3) is 0 Å². The lowest BCUT2D eigenvalue weighted by Crippen LogP contribution is -2.44. The van der Waals surface area contributed by atoms with Crippen LogP contribution < -0.4 is 10.6 Å². The summed E-state index contributed by atoms with van der Waals surface area (Å²) in [6.45, 7) is 6.56. The first-order chi connectivity index (χ1) is 8.19. The van der Waals surface area contributed by atoms with Crippen LogP contribution in [-0.2, 0) is 6.42 Å². The third-order valence-electron chi connectivity index (χ3n) is 3.30. The second-order valence-electron chi connectivity index (χ2n) is 4.77. The van der Waals surface area contributed by atoms with E-state index in [1.165, 1.54) is 4.88 Å². The number of likely N-dealkylation sites (N-methyl/N-ethyl adjacent to an activating group) is 1. The van der Waals surface area contributed by atoms with Crippen LogP contribution in [0.5, 0.6) is 0 Å². The standard InChI is InChI=1S/C12H22N4S.ClH/c1-3-10(13)8-11-9-14-12(17-11)16-6-4-15(2)5-7-16;/h9-10H,3-8,13H2,1-2H3;1H. The van der Waals surface area contributed by atoms with E-state index >= 15 is 0 Å². The molecule has 2 N–H and O–H groups in total. The molecule has 0 radical (unpaired) electrons. The van der Waals surface area contributed by atoms with Crippen molar-refractivity contribution >= 4 is 28.9 Å². The lowest BCUT2D eigenvalue weighted by molar-refractivity contribution is 0.313. The monoisotopic (exact) mass is 290 g/mol. The minimum absolute atomic E-state index is 0. The molecule has 0 bridgehead atoms. The fourth-order valence-electron chi connectivity index (χ4n) is 1.94. The molecule has 1 aromatic heterocycles. The van der Waals surface area contributed by atoms with Gasteiger partial charge in [0.1, 0.15) is 0 Å². The lowest BCUT2D eigenvalue weighted by Gasteiger charge is -2.32. The van der Waals surface area contributed by atoms with E-state index in [1.807, 2.05) is 6.20 Å². The summed E-state index contributed by atoms with van der Waals surface area (Å²) in [5.74, 6) is 0. The topological polar surface area (TPSA) is 45.4 Å². The second kappa shape index (κ2) is 7.28. The average Bonchev–Trinajstić information content (AvgIpc) is 2.78. The molecular weight excluding hydrogens is 268 g/mol. The number of piperazine rings is 1. The van der Waals surface area contributed by atoms with Crippen LogP contribution in [0, 0.1) is 0 Å². The van der Waals surface area contributed by atoms with Crippen LogP contribution in [0.2, 0.25) is 0 Å². The highest BCUT2D eigenvalue weighted by molar-refractivity contribution is 7.15. The van der Waals surface area contributed by atoms with Gasteiger partial charge in [-0.2, -0.15) is 0 Å². The number of rotatable bonds is 4. The zero-order chi connectivity index (χ0) is 12.3. The van der Waals surface area contributed by atoms with Crippen molar-refractivity contribution in [3.8, 4) is 0 Å². The molecule has 0 saturated carbocycles. The summed E-state index contributed by atoms with van der Waals surface area (Å²) in [6, 6.07) is 0.274. The third-order valence-corrected chi connectivity index (χ3v) is 4.38. The molecule has 1 saturated heterocycles. The number of thiazole rings is 1. The van der Waals surface area contributed by atoms with Crippen molar-refractivity contribution in [2.45, 2.75) is 25.8 Å². The van der Waals surface area contributed by atoms with E-state index in [2.05, 4.69) is 28.8 Å². The molecule has 1 aliphatic heterocycles. The van der Waals surface area contributed by atoms with E-state index in [9.17, 15) is 0 Å². The van der Waals surface area contributed by atoms with Crippen molar-refractivity contribution in [1.82, 2.24) is 9.88 Å². The summed E-state index contributed by atoms with van der Waals surface area (Å²) in [4.78, 5) is 10.6. The van der Waals surface area contributed by atoms with Crippen molar-refractivity contribution < 1.29 is 0 Å². The number of aromatic nitrogens is 1. The molecule has 0 aliphatic carbocycles. The van der Waals surface area contributed by atoms with Gasteiger partial charge >= 0.3 is 0 Å². The fourth-order valence-corrected chi connectivity index (χ4v) is 2.99. The van der Waals surface area contributed by atoms with Gasteiger partial charge in [-0.25, -0.2) is 4.98 Å². The van der Waals surface area contributed by atoms with E-state index in [0.29, 0.717) is 0 Å². The first kappa shape index (κ1) is 15.7. The van der Waals surface area contributed by atoms with Gasteiger partial charge in [-0.3, -0.25) is 0 Å². The predicted molar refractivity (Wildman–Crippen MR) is 81.0 cm³/mol. The molecule has 1 aliphatic rings. The van der Waals surface area contributed by atoms with Crippen LogP contribution in [0.1, 0.15) is 18.2 Å². The van der Waals surface area contributed by atoms with Crippen molar-refractivity contribution in [2.75, 3.05) is 38.1 Å². The maximum Gasteiger partial charge on any atom is 0.185 e. The molecule has 2 rings (SSSR count). The normalized spacial score (nSPS) is 18.5. The first-order valence-electron chi connectivity index (χ1n) is 6.32. The Morgan fingerprint density at radius 2 is 2.06 bits per heavy atom. The molecule has 0 spiro atoms. The molecular formula is C12H23ClN4S. The highest BCUT2D eigenvalue weighted by Crippen LogP contribution is 2.24. The Balaban J connectivity index is 0.00000162. The zero-order valence-electron chi connectivity index (χ0n) is 11.1. The van der Waals surface area contributed by atoms with E-state index in [0.717, 1.165) is 44.2 Å². The largest absolute Gasteiger partial charge is 0.346 e. The number of nitrogens with zero attached hydrogens (tertiary/aromatic N) is 3. The predicted octanol–water partition coefficient (Wildman–Crippen LogP) is 1.60. The molecule has 1 atom stereocenters. The van der Waals surface area contributed by atoms with Gasteiger partial charge in [0.2, 0.25) is 0 Å². The average molecular weight is 291 g/mol. The van der Waals surface area contributed by atoms with E-state index in [4.69, 9.17) is 5.73 Å². The minimum Gasteiger partial charge on any atom is -0.346 e. The Hall–Kier alpha value is -0.360.